The maximum atomic E-state index is 12.7. The molecule has 0 saturated heterocycles. The lowest BCUT2D eigenvalue weighted by atomic mass is 10.0. The van der Waals surface area contributed by atoms with Crippen LogP contribution in [-0.2, 0) is 0 Å². The van der Waals surface area contributed by atoms with E-state index in [1.165, 1.54) is 12.5 Å². The van der Waals surface area contributed by atoms with Gasteiger partial charge in [-0.2, -0.15) is 5.10 Å². The smallest absolute Gasteiger partial charge is 0.265 e. The third-order valence-electron chi connectivity index (χ3n) is 5.18. The molecule has 34 heavy (non-hydrogen) atoms. The molecule has 166 valence electrons. The summed E-state index contributed by atoms with van der Waals surface area (Å²) in [4.78, 5) is 25.7. The van der Waals surface area contributed by atoms with Gasteiger partial charge in [0.25, 0.3) is 5.56 Å². The molecule has 0 aliphatic heterocycles. The molecule has 2 aromatic carbocycles. The van der Waals surface area contributed by atoms with E-state index in [9.17, 15) is 4.79 Å². The number of benzene rings is 2. The van der Waals surface area contributed by atoms with Crippen molar-refractivity contribution in [2.24, 2.45) is 0 Å². The molecule has 3 N–H and O–H groups in total. The van der Waals surface area contributed by atoms with Crippen LogP contribution in [0.15, 0.2) is 81.4 Å². The van der Waals surface area contributed by atoms with Crippen LogP contribution in [0.2, 0.25) is 5.02 Å². The molecule has 0 aliphatic carbocycles. The predicted molar refractivity (Wildman–Crippen MR) is 132 cm³/mol. The molecule has 0 radical (unpaired) electrons. The highest BCUT2D eigenvalue weighted by Gasteiger charge is 2.17. The van der Waals surface area contributed by atoms with Gasteiger partial charge in [-0.1, -0.05) is 47.1 Å². The molecule has 4 aromatic heterocycles. The second-order valence-electron chi connectivity index (χ2n) is 7.39. The van der Waals surface area contributed by atoms with E-state index in [2.05, 4.69) is 25.1 Å². The summed E-state index contributed by atoms with van der Waals surface area (Å²) >= 11 is 7.65. The first-order valence-electron chi connectivity index (χ1n) is 10.1. The molecule has 0 aliphatic rings. The van der Waals surface area contributed by atoms with E-state index in [-0.39, 0.29) is 5.56 Å². The number of pyridine rings is 1. The van der Waals surface area contributed by atoms with E-state index in [1.807, 2.05) is 42.5 Å². The van der Waals surface area contributed by atoms with Crippen LogP contribution in [0.5, 0.6) is 0 Å². The van der Waals surface area contributed by atoms with Crippen molar-refractivity contribution in [1.82, 2.24) is 30.3 Å². The van der Waals surface area contributed by atoms with E-state index in [0.29, 0.717) is 38.2 Å². The van der Waals surface area contributed by atoms with Gasteiger partial charge in [0.15, 0.2) is 5.65 Å². The van der Waals surface area contributed by atoms with Gasteiger partial charge in [-0.3, -0.25) is 9.89 Å². The molecule has 0 amide bonds. The van der Waals surface area contributed by atoms with Gasteiger partial charge in [-0.15, -0.1) is 0 Å². The average Bonchev–Trinajstić information content (AvgIpc) is 3.55. The van der Waals surface area contributed by atoms with Gasteiger partial charge in [0.05, 0.1) is 39.2 Å². The van der Waals surface area contributed by atoms with E-state index in [0.717, 1.165) is 34.0 Å². The van der Waals surface area contributed by atoms with Crippen molar-refractivity contribution in [2.45, 2.75) is 4.90 Å². The quantitative estimate of drug-likeness (QED) is 0.280. The maximum Gasteiger partial charge on any atom is 0.265 e. The van der Waals surface area contributed by atoms with Crippen molar-refractivity contribution in [2.75, 3.05) is 4.72 Å². The van der Waals surface area contributed by atoms with Crippen LogP contribution in [0.4, 0.5) is 5.69 Å². The Balaban J connectivity index is 1.54. The minimum absolute atomic E-state index is 0.287. The Kier molecular flexibility index (Phi) is 5.01. The van der Waals surface area contributed by atoms with Crippen molar-refractivity contribution in [3.63, 3.8) is 0 Å². The summed E-state index contributed by atoms with van der Waals surface area (Å²) in [6.45, 7) is 0. The Bertz CT molecular complexity index is 1700. The molecule has 0 unspecified atom stereocenters. The summed E-state index contributed by atoms with van der Waals surface area (Å²) in [5, 5.41) is 12.0. The van der Waals surface area contributed by atoms with Crippen LogP contribution < -0.4 is 10.3 Å². The summed E-state index contributed by atoms with van der Waals surface area (Å²) in [7, 11) is 0. The van der Waals surface area contributed by atoms with Crippen LogP contribution in [0.1, 0.15) is 0 Å². The van der Waals surface area contributed by atoms with Crippen LogP contribution in [-0.4, -0.2) is 30.3 Å². The Morgan fingerprint density at radius 1 is 1.00 bits per heavy atom. The lowest BCUT2D eigenvalue weighted by Gasteiger charge is -2.12. The fourth-order valence-corrected chi connectivity index (χ4v) is 4.51. The highest BCUT2D eigenvalue weighted by molar-refractivity contribution is 8.00. The number of rotatable bonds is 5. The molecule has 0 atom stereocenters. The van der Waals surface area contributed by atoms with Crippen LogP contribution in [0.3, 0.4) is 0 Å². The summed E-state index contributed by atoms with van der Waals surface area (Å²) < 4.78 is 7.83. The van der Waals surface area contributed by atoms with Gasteiger partial charge in [-0.05, 0) is 30.1 Å². The molecular formula is C23H14ClN7O2S. The van der Waals surface area contributed by atoms with Crippen molar-refractivity contribution in [3.8, 4) is 22.5 Å². The minimum Gasteiger partial charge on any atom is -0.362 e. The molecule has 6 rings (SSSR count). The fourth-order valence-electron chi connectivity index (χ4n) is 3.59. The predicted octanol–water partition coefficient (Wildman–Crippen LogP) is 5.29. The number of halogens is 1. The van der Waals surface area contributed by atoms with Crippen LogP contribution in [0, 0.1) is 0 Å². The zero-order chi connectivity index (χ0) is 23.1. The number of hydrogen-bond acceptors (Lipinski definition) is 8. The first-order valence-corrected chi connectivity index (χ1v) is 11.3. The van der Waals surface area contributed by atoms with Crippen LogP contribution >= 0.6 is 23.5 Å². The second-order valence-corrected chi connectivity index (χ2v) is 8.65. The zero-order valence-electron chi connectivity index (χ0n) is 17.2. The summed E-state index contributed by atoms with van der Waals surface area (Å²) in [6, 6.07) is 15.2. The van der Waals surface area contributed by atoms with E-state index in [4.69, 9.17) is 26.1 Å². The summed E-state index contributed by atoms with van der Waals surface area (Å²) in [5.74, 6) is 0. The number of anilines is 1. The number of aromatic amines is 2. The molecule has 0 bridgehead atoms. The lowest BCUT2D eigenvalue weighted by Crippen LogP contribution is -2.11. The Morgan fingerprint density at radius 2 is 1.85 bits per heavy atom. The summed E-state index contributed by atoms with van der Waals surface area (Å²) in [5.41, 5.74) is 4.94. The van der Waals surface area contributed by atoms with Crippen LogP contribution in [0.25, 0.3) is 44.6 Å². The first kappa shape index (κ1) is 20.5. The van der Waals surface area contributed by atoms with Crippen molar-refractivity contribution < 1.29 is 4.52 Å². The van der Waals surface area contributed by atoms with Gasteiger partial charge in [0.2, 0.25) is 0 Å². The number of nitrogens with one attached hydrogen (secondary N) is 3. The standard InChI is InChI=1S/C23H14ClN7O2S/c24-16-7-13(6-14-9-25-30-19(14)16)21-20(12-4-2-1-3-5-12)28-22-17(27-21)8-18(23(32)29-22)34-31-15-10-26-33-11-15/h1-11,31H,(H,25,30)(H,28,29,32). The Labute approximate surface area is 200 Å². The topological polar surface area (TPSA) is 125 Å². The Hall–Kier alpha value is -4.15. The molecule has 4 heterocycles. The molecule has 11 heteroatoms. The number of aromatic nitrogens is 6. The molecule has 6 aromatic rings. The highest BCUT2D eigenvalue weighted by Crippen LogP contribution is 2.35. The summed E-state index contributed by atoms with van der Waals surface area (Å²) in [6.07, 6.45) is 4.67. The third-order valence-corrected chi connectivity index (χ3v) is 6.34. The molecule has 0 saturated carbocycles. The largest absolute Gasteiger partial charge is 0.362 e. The normalized spacial score (nSPS) is 11.3. The van der Waals surface area contributed by atoms with Gasteiger partial charge in [0.1, 0.15) is 17.5 Å². The SMILES string of the molecule is O=c1[nH]c2nc(-c3ccccc3)c(-c3cc(Cl)c4[nH]ncc4c3)nc2cc1SNc1cnoc1. The van der Waals surface area contributed by atoms with Gasteiger partial charge >= 0.3 is 0 Å². The van der Waals surface area contributed by atoms with Crippen molar-refractivity contribution in [3.05, 3.63) is 82.6 Å². The lowest BCUT2D eigenvalue weighted by molar-refractivity contribution is 0.420. The number of hydrogen-bond donors (Lipinski definition) is 3. The van der Waals surface area contributed by atoms with Gasteiger partial charge < -0.3 is 14.2 Å². The molecule has 0 spiro atoms. The molecule has 0 fully saturated rings. The average molecular weight is 488 g/mol. The number of nitrogens with zero attached hydrogens (tertiary/aromatic N) is 4. The van der Waals surface area contributed by atoms with Crippen molar-refractivity contribution in [1.29, 1.82) is 0 Å². The number of fused-ring (bicyclic) bond motifs is 2. The van der Waals surface area contributed by atoms with E-state index >= 15 is 0 Å². The molecular weight excluding hydrogens is 474 g/mol. The second kappa shape index (κ2) is 8.32. The Morgan fingerprint density at radius 3 is 2.68 bits per heavy atom. The third kappa shape index (κ3) is 3.68. The van der Waals surface area contributed by atoms with E-state index < -0.39 is 0 Å². The van der Waals surface area contributed by atoms with E-state index in [1.54, 1.807) is 12.3 Å². The zero-order valence-corrected chi connectivity index (χ0v) is 18.8. The number of H-pyrrole nitrogens is 2. The molecule has 9 nitrogen and oxygen atoms in total. The van der Waals surface area contributed by atoms with Crippen molar-refractivity contribution >= 4 is 51.3 Å². The highest BCUT2D eigenvalue weighted by atomic mass is 35.5. The maximum absolute atomic E-state index is 12.7. The minimum atomic E-state index is -0.287. The van der Waals surface area contributed by atoms with Gasteiger partial charge in [-0.25, -0.2) is 9.97 Å². The van der Waals surface area contributed by atoms with Gasteiger partial charge in [0, 0.05) is 16.5 Å². The first-order chi connectivity index (χ1) is 16.7. The fraction of sp³-hybridized carbons (Fsp3) is 0. The monoisotopic (exact) mass is 487 g/mol.